The first-order valence-electron chi connectivity index (χ1n) is 8.34. The topological polar surface area (TPSA) is 55.3 Å². The molecule has 0 unspecified atom stereocenters. The number of aryl methyl sites for hydroxylation is 1. The van der Waals surface area contributed by atoms with Crippen molar-refractivity contribution in [1.82, 2.24) is 14.9 Å². The van der Waals surface area contributed by atoms with Gasteiger partial charge in [-0.2, -0.15) is 0 Å². The minimum Gasteiger partial charge on any atom is -0.441 e. The van der Waals surface area contributed by atoms with Gasteiger partial charge in [0, 0.05) is 6.54 Å². The zero-order valence-corrected chi connectivity index (χ0v) is 14.6. The zero-order valence-electron chi connectivity index (χ0n) is 14.6. The first-order valence-corrected chi connectivity index (χ1v) is 8.34. The van der Waals surface area contributed by atoms with Crippen molar-refractivity contribution in [3.8, 4) is 11.5 Å². The van der Waals surface area contributed by atoms with Gasteiger partial charge in [-0.25, -0.2) is 14.4 Å². The molecule has 0 saturated heterocycles. The molecular weight excluding hydrogens is 333 g/mol. The van der Waals surface area contributed by atoms with Crippen LogP contribution in [0.25, 0.3) is 22.6 Å². The highest BCUT2D eigenvalue weighted by Gasteiger charge is 2.16. The Morgan fingerprint density at radius 1 is 0.962 bits per heavy atom. The zero-order chi connectivity index (χ0) is 18.1. The number of hydrogen-bond acceptors (Lipinski definition) is 5. The van der Waals surface area contributed by atoms with Crippen molar-refractivity contribution in [1.29, 1.82) is 0 Å². The van der Waals surface area contributed by atoms with E-state index < -0.39 is 0 Å². The molecule has 4 aromatic rings. The van der Waals surface area contributed by atoms with Crippen LogP contribution in [0.4, 0.5) is 4.39 Å². The predicted octanol–water partition coefficient (Wildman–Crippen LogP) is 4.56. The second kappa shape index (κ2) is 6.72. The van der Waals surface area contributed by atoms with Crippen molar-refractivity contribution >= 4 is 11.1 Å². The maximum absolute atomic E-state index is 13.9. The van der Waals surface area contributed by atoms with Crippen LogP contribution in [0.5, 0.6) is 0 Å². The summed E-state index contributed by atoms with van der Waals surface area (Å²) in [4.78, 5) is 11.0. The Morgan fingerprint density at radius 2 is 1.73 bits per heavy atom. The molecule has 0 spiro atoms. The fraction of sp³-hybridized carbons (Fsp3) is 0.200. The number of benzene rings is 2. The standard InChI is InChI=1S/C20H18FN3O2/c1-13-17(23-20(25-13)14-7-3-4-8-15(14)21)11-24(2)12-19-22-16-9-5-6-10-18(16)26-19/h3-10H,11-12H2,1-2H3. The van der Waals surface area contributed by atoms with E-state index in [4.69, 9.17) is 8.83 Å². The Balaban J connectivity index is 1.51. The van der Waals surface area contributed by atoms with Crippen molar-refractivity contribution in [3.05, 3.63) is 71.7 Å². The summed E-state index contributed by atoms with van der Waals surface area (Å²) in [6.45, 7) is 2.92. The van der Waals surface area contributed by atoms with Crippen molar-refractivity contribution in [2.45, 2.75) is 20.0 Å². The summed E-state index contributed by atoms with van der Waals surface area (Å²) in [6.07, 6.45) is 0. The molecule has 0 fully saturated rings. The van der Waals surface area contributed by atoms with Crippen LogP contribution in [-0.2, 0) is 13.1 Å². The van der Waals surface area contributed by atoms with Crippen LogP contribution in [0.3, 0.4) is 0 Å². The lowest BCUT2D eigenvalue weighted by Crippen LogP contribution is -2.18. The van der Waals surface area contributed by atoms with Crippen LogP contribution in [0.15, 0.2) is 57.4 Å². The Morgan fingerprint density at radius 3 is 2.54 bits per heavy atom. The molecule has 0 radical (unpaired) electrons. The van der Waals surface area contributed by atoms with Crippen molar-refractivity contribution in [3.63, 3.8) is 0 Å². The van der Waals surface area contributed by atoms with Crippen molar-refractivity contribution < 1.29 is 13.2 Å². The summed E-state index contributed by atoms with van der Waals surface area (Å²) in [5.74, 6) is 1.27. The first kappa shape index (κ1) is 16.5. The Kier molecular flexibility index (Phi) is 4.26. The van der Waals surface area contributed by atoms with E-state index >= 15 is 0 Å². The average Bonchev–Trinajstić information content (AvgIpc) is 3.18. The molecular formula is C20H18FN3O2. The monoisotopic (exact) mass is 351 g/mol. The molecule has 26 heavy (non-hydrogen) atoms. The third-order valence-corrected chi connectivity index (χ3v) is 4.16. The van der Waals surface area contributed by atoms with Gasteiger partial charge in [-0.1, -0.05) is 24.3 Å². The van der Waals surface area contributed by atoms with E-state index in [2.05, 4.69) is 9.97 Å². The highest BCUT2D eigenvalue weighted by Crippen LogP contribution is 2.25. The van der Waals surface area contributed by atoms with Gasteiger partial charge < -0.3 is 8.83 Å². The molecule has 6 heteroatoms. The molecule has 0 amide bonds. The second-order valence-corrected chi connectivity index (χ2v) is 6.25. The van der Waals surface area contributed by atoms with Crippen LogP contribution in [-0.4, -0.2) is 21.9 Å². The molecule has 0 aliphatic rings. The molecule has 0 atom stereocenters. The molecule has 132 valence electrons. The van der Waals surface area contributed by atoms with Gasteiger partial charge in [0.25, 0.3) is 0 Å². The molecule has 5 nitrogen and oxygen atoms in total. The van der Waals surface area contributed by atoms with E-state index in [0.717, 1.165) is 16.8 Å². The number of oxazole rings is 2. The van der Waals surface area contributed by atoms with Gasteiger partial charge in [0.05, 0.1) is 17.8 Å². The molecule has 0 saturated carbocycles. The van der Waals surface area contributed by atoms with Crippen LogP contribution in [0.2, 0.25) is 0 Å². The Hall–Kier alpha value is -2.99. The maximum Gasteiger partial charge on any atom is 0.229 e. The normalized spacial score (nSPS) is 11.5. The van der Waals surface area contributed by atoms with Gasteiger partial charge in [0.15, 0.2) is 5.58 Å². The number of hydrogen-bond donors (Lipinski definition) is 0. The summed E-state index contributed by atoms with van der Waals surface area (Å²) in [5.41, 5.74) is 2.75. The fourth-order valence-electron chi connectivity index (χ4n) is 2.85. The summed E-state index contributed by atoms with van der Waals surface area (Å²) in [7, 11) is 1.95. The number of rotatable bonds is 5. The predicted molar refractivity (Wildman–Crippen MR) is 95.8 cm³/mol. The van der Waals surface area contributed by atoms with E-state index in [9.17, 15) is 4.39 Å². The molecule has 0 aliphatic carbocycles. The lowest BCUT2D eigenvalue weighted by molar-refractivity contribution is 0.281. The lowest BCUT2D eigenvalue weighted by Gasteiger charge is -2.12. The lowest BCUT2D eigenvalue weighted by atomic mass is 10.2. The molecule has 2 aromatic carbocycles. The van der Waals surface area contributed by atoms with Gasteiger partial charge in [-0.3, -0.25) is 4.90 Å². The van der Waals surface area contributed by atoms with Crippen LogP contribution >= 0.6 is 0 Å². The van der Waals surface area contributed by atoms with E-state index in [0.29, 0.717) is 36.2 Å². The van der Waals surface area contributed by atoms with E-state index in [-0.39, 0.29) is 5.82 Å². The van der Waals surface area contributed by atoms with Crippen LogP contribution in [0, 0.1) is 12.7 Å². The number of aromatic nitrogens is 2. The van der Waals surface area contributed by atoms with Gasteiger partial charge >= 0.3 is 0 Å². The van der Waals surface area contributed by atoms with Gasteiger partial charge in [-0.05, 0) is 38.2 Å². The summed E-state index contributed by atoms with van der Waals surface area (Å²) in [5, 5.41) is 0. The van der Waals surface area contributed by atoms with E-state index in [1.54, 1.807) is 18.2 Å². The van der Waals surface area contributed by atoms with Gasteiger partial charge in [0.2, 0.25) is 11.8 Å². The number of halogens is 1. The van der Waals surface area contributed by atoms with Crippen molar-refractivity contribution in [2.24, 2.45) is 0 Å². The maximum atomic E-state index is 13.9. The quantitative estimate of drug-likeness (QED) is 0.527. The number of fused-ring (bicyclic) bond motifs is 1. The molecule has 2 aromatic heterocycles. The van der Waals surface area contributed by atoms with Gasteiger partial charge in [-0.15, -0.1) is 0 Å². The molecule has 2 heterocycles. The highest BCUT2D eigenvalue weighted by atomic mass is 19.1. The summed E-state index contributed by atoms with van der Waals surface area (Å²) in [6, 6.07) is 14.1. The minimum atomic E-state index is -0.347. The highest BCUT2D eigenvalue weighted by molar-refractivity contribution is 5.72. The Labute approximate surface area is 150 Å². The number of nitrogens with zero attached hydrogens (tertiary/aromatic N) is 3. The SMILES string of the molecule is Cc1oc(-c2ccccc2F)nc1CN(C)Cc1nc2ccccc2o1. The van der Waals surface area contributed by atoms with E-state index in [1.165, 1.54) is 6.07 Å². The molecule has 0 N–H and O–H groups in total. The third-order valence-electron chi connectivity index (χ3n) is 4.16. The van der Waals surface area contributed by atoms with Crippen LogP contribution in [0.1, 0.15) is 17.3 Å². The minimum absolute atomic E-state index is 0.297. The van der Waals surface area contributed by atoms with Crippen molar-refractivity contribution in [2.75, 3.05) is 7.05 Å². The summed E-state index contributed by atoms with van der Waals surface area (Å²) >= 11 is 0. The Bertz CT molecular complexity index is 1020. The first-order chi connectivity index (χ1) is 12.6. The second-order valence-electron chi connectivity index (χ2n) is 6.25. The molecule has 4 rings (SSSR count). The third kappa shape index (κ3) is 3.23. The largest absolute Gasteiger partial charge is 0.441 e. The summed E-state index contributed by atoms with van der Waals surface area (Å²) < 4.78 is 25.4. The molecule has 0 bridgehead atoms. The number of para-hydroxylation sites is 2. The van der Waals surface area contributed by atoms with E-state index in [1.807, 2.05) is 43.1 Å². The molecule has 0 aliphatic heterocycles. The van der Waals surface area contributed by atoms with Gasteiger partial charge in [0.1, 0.15) is 17.1 Å². The van der Waals surface area contributed by atoms with Crippen LogP contribution < -0.4 is 0 Å². The smallest absolute Gasteiger partial charge is 0.229 e. The fourth-order valence-corrected chi connectivity index (χ4v) is 2.85. The average molecular weight is 351 g/mol.